The summed E-state index contributed by atoms with van der Waals surface area (Å²) in [6.07, 6.45) is 0.0201. The third-order valence-corrected chi connectivity index (χ3v) is 2.42. The first kappa shape index (κ1) is 22.5. The molecular weight excluding hydrogens is 310 g/mol. The maximum atomic E-state index is 10.4. The smallest absolute Gasteiger partial charge is 0.716 e. The number of ether oxygens (including phenoxy) is 1. The first-order valence-electron chi connectivity index (χ1n) is 4.84. The van der Waals surface area contributed by atoms with Crippen molar-refractivity contribution in [2.75, 3.05) is 7.11 Å². The molecule has 0 N–H and O–H groups in total. The number of hydrogen-bond acceptors (Lipinski definition) is 7. The maximum Gasteiger partial charge on any atom is 1.00 e. The standard InChI is InChI=1S/C10H12O7S.2Na/c1-16-9-6-7(3-5-10(11)12)2-4-8(9)17-18(13,14)15;;/h2,4,6H,3,5H2,1H3,(H,11,12)(H,13,14,15);;/q;2*+1/p-2. The molecular formula is C10H10Na2O7S. The minimum Gasteiger partial charge on any atom is -0.716 e. The molecule has 0 unspecified atom stereocenters. The Balaban J connectivity index is 0. The Morgan fingerprint density at radius 2 is 1.85 bits per heavy atom. The van der Waals surface area contributed by atoms with Crippen LogP contribution in [0.1, 0.15) is 12.0 Å². The Bertz CT molecular complexity index is 545. The summed E-state index contributed by atoms with van der Waals surface area (Å²) in [5, 5.41) is 10.3. The van der Waals surface area contributed by atoms with Gasteiger partial charge in [0.25, 0.3) is 10.4 Å². The zero-order chi connectivity index (χ0) is 13.8. The Kier molecular flexibility index (Phi) is 11.3. The molecule has 0 fully saturated rings. The number of carbonyl (C=O) groups excluding carboxylic acids is 1. The molecule has 20 heavy (non-hydrogen) atoms. The number of carboxylic acids is 1. The Labute approximate surface area is 161 Å². The first-order chi connectivity index (χ1) is 8.31. The summed E-state index contributed by atoms with van der Waals surface area (Å²) in [6.45, 7) is 0. The van der Waals surface area contributed by atoms with Crippen LogP contribution < -0.4 is 73.1 Å². The van der Waals surface area contributed by atoms with Crippen molar-refractivity contribution in [2.24, 2.45) is 0 Å². The van der Waals surface area contributed by atoms with Gasteiger partial charge in [-0.3, -0.25) is 0 Å². The molecule has 0 spiro atoms. The van der Waals surface area contributed by atoms with E-state index >= 15 is 0 Å². The van der Waals surface area contributed by atoms with E-state index in [4.69, 9.17) is 4.74 Å². The van der Waals surface area contributed by atoms with E-state index in [0.29, 0.717) is 5.56 Å². The topological polar surface area (TPSA) is 116 Å². The second kappa shape index (κ2) is 10.0. The minimum atomic E-state index is -4.88. The SMILES string of the molecule is COc1cc(CCC(=O)[O-])ccc1OS(=O)(=O)[O-].[Na+].[Na+]. The second-order valence-electron chi connectivity index (χ2n) is 3.35. The number of methoxy groups -OCH3 is 1. The molecule has 100 valence electrons. The Morgan fingerprint density at radius 3 is 2.30 bits per heavy atom. The monoisotopic (exact) mass is 320 g/mol. The zero-order valence-corrected chi connectivity index (χ0v) is 16.2. The van der Waals surface area contributed by atoms with Crippen LogP contribution in [0.15, 0.2) is 18.2 Å². The fourth-order valence-electron chi connectivity index (χ4n) is 1.29. The molecule has 0 aromatic heterocycles. The Morgan fingerprint density at radius 1 is 1.25 bits per heavy atom. The molecule has 0 saturated heterocycles. The van der Waals surface area contributed by atoms with E-state index in [0.717, 1.165) is 0 Å². The van der Waals surface area contributed by atoms with E-state index in [9.17, 15) is 22.9 Å². The van der Waals surface area contributed by atoms with Crippen molar-refractivity contribution in [3.63, 3.8) is 0 Å². The quantitative estimate of drug-likeness (QED) is 0.290. The molecule has 1 aromatic rings. The summed E-state index contributed by atoms with van der Waals surface area (Å²) in [5.41, 5.74) is 0.590. The summed E-state index contributed by atoms with van der Waals surface area (Å²) in [6, 6.07) is 4.05. The van der Waals surface area contributed by atoms with Gasteiger partial charge in [0.2, 0.25) is 0 Å². The van der Waals surface area contributed by atoms with Crippen molar-refractivity contribution in [3.05, 3.63) is 23.8 Å². The molecule has 0 atom stereocenters. The number of aryl methyl sites for hydroxylation is 1. The summed E-state index contributed by atoms with van der Waals surface area (Å²) in [4.78, 5) is 10.3. The van der Waals surface area contributed by atoms with Crippen LogP contribution in [0.5, 0.6) is 11.5 Å². The van der Waals surface area contributed by atoms with Gasteiger partial charge in [0.05, 0.1) is 7.11 Å². The van der Waals surface area contributed by atoms with Crippen molar-refractivity contribution < 1.29 is 90.9 Å². The van der Waals surface area contributed by atoms with Gasteiger partial charge in [0.1, 0.15) is 0 Å². The van der Waals surface area contributed by atoms with Crippen LogP contribution in [-0.2, 0) is 21.6 Å². The van der Waals surface area contributed by atoms with Crippen molar-refractivity contribution >= 4 is 16.4 Å². The fraction of sp³-hybridized carbons (Fsp3) is 0.300. The van der Waals surface area contributed by atoms with Gasteiger partial charge >= 0.3 is 59.1 Å². The minimum absolute atomic E-state index is 0. The molecule has 1 rings (SSSR count). The van der Waals surface area contributed by atoms with Gasteiger partial charge in [0.15, 0.2) is 11.5 Å². The molecule has 0 amide bonds. The predicted octanol–water partition coefficient (Wildman–Crippen LogP) is -6.78. The second-order valence-corrected chi connectivity index (χ2v) is 4.33. The summed E-state index contributed by atoms with van der Waals surface area (Å²) < 4.78 is 40.4. The van der Waals surface area contributed by atoms with Crippen LogP contribution in [0.3, 0.4) is 0 Å². The van der Waals surface area contributed by atoms with E-state index < -0.39 is 16.4 Å². The summed E-state index contributed by atoms with van der Waals surface area (Å²) in [5.74, 6) is -1.41. The molecule has 0 aliphatic rings. The first-order valence-corrected chi connectivity index (χ1v) is 6.17. The Hall–Kier alpha value is 0.200. The van der Waals surface area contributed by atoms with Crippen LogP contribution in [-0.4, -0.2) is 26.0 Å². The number of hydrogen-bond donors (Lipinski definition) is 0. The van der Waals surface area contributed by atoms with E-state index in [-0.39, 0.29) is 83.5 Å². The van der Waals surface area contributed by atoms with Crippen LogP contribution in [0.25, 0.3) is 0 Å². The van der Waals surface area contributed by atoms with E-state index in [2.05, 4.69) is 4.18 Å². The average molecular weight is 320 g/mol. The van der Waals surface area contributed by atoms with Crippen LogP contribution in [0.2, 0.25) is 0 Å². The molecule has 0 radical (unpaired) electrons. The molecule has 0 saturated carbocycles. The van der Waals surface area contributed by atoms with Crippen LogP contribution in [0, 0.1) is 0 Å². The largest absolute Gasteiger partial charge is 1.00 e. The number of aliphatic carboxylic acids is 1. The fourth-order valence-corrected chi connectivity index (χ4v) is 1.65. The number of carbonyl (C=O) groups is 1. The van der Waals surface area contributed by atoms with Crippen molar-refractivity contribution in [1.82, 2.24) is 0 Å². The zero-order valence-electron chi connectivity index (χ0n) is 11.4. The van der Waals surface area contributed by atoms with Crippen molar-refractivity contribution in [1.29, 1.82) is 0 Å². The van der Waals surface area contributed by atoms with Crippen LogP contribution >= 0.6 is 0 Å². The summed E-state index contributed by atoms with van der Waals surface area (Å²) in [7, 11) is -3.62. The van der Waals surface area contributed by atoms with Crippen LogP contribution in [0.4, 0.5) is 0 Å². The van der Waals surface area contributed by atoms with Gasteiger partial charge in [-0.25, -0.2) is 8.42 Å². The average Bonchev–Trinajstić information content (AvgIpc) is 2.25. The van der Waals surface area contributed by atoms with Gasteiger partial charge in [-0.15, -0.1) is 0 Å². The van der Waals surface area contributed by atoms with E-state index in [1.54, 1.807) is 0 Å². The van der Waals surface area contributed by atoms with Crippen molar-refractivity contribution in [3.8, 4) is 11.5 Å². The van der Waals surface area contributed by atoms with Gasteiger partial charge in [-0.05, 0) is 30.5 Å². The number of benzene rings is 1. The molecule has 7 nitrogen and oxygen atoms in total. The van der Waals surface area contributed by atoms with E-state index in [1.165, 1.54) is 25.3 Å². The van der Waals surface area contributed by atoms with Gasteiger partial charge in [-0.1, -0.05) is 6.07 Å². The molecule has 10 heteroatoms. The third-order valence-electron chi connectivity index (χ3n) is 2.04. The molecule has 1 aromatic carbocycles. The van der Waals surface area contributed by atoms with E-state index in [1.807, 2.05) is 0 Å². The van der Waals surface area contributed by atoms with Gasteiger partial charge in [-0.2, -0.15) is 0 Å². The number of rotatable bonds is 6. The molecule has 0 aliphatic carbocycles. The summed E-state index contributed by atoms with van der Waals surface area (Å²) >= 11 is 0. The normalized spacial score (nSPS) is 9.90. The van der Waals surface area contributed by atoms with Gasteiger partial charge in [0, 0.05) is 5.97 Å². The van der Waals surface area contributed by atoms with Crippen molar-refractivity contribution in [2.45, 2.75) is 12.8 Å². The maximum absolute atomic E-state index is 10.4. The molecule has 0 aliphatic heterocycles. The van der Waals surface area contributed by atoms with Gasteiger partial charge < -0.3 is 23.4 Å². The predicted molar refractivity (Wildman–Crippen MR) is 56.6 cm³/mol. The third kappa shape index (κ3) is 8.48. The molecule has 0 heterocycles. The molecule has 0 bridgehead atoms. The number of carboxylic acid groups (broad SMARTS) is 1.